The van der Waals surface area contributed by atoms with E-state index in [1.54, 1.807) is 0 Å². The summed E-state index contributed by atoms with van der Waals surface area (Å²) < 4.78 is 5.15. The minimum absolute atomic E-state index is 0.467. The molecule has 1 rings (SSSR count). The maximum absolute atomic E-state index is 5.15. The molecule has 9 heavy (non-hydrogen) atoms. The molecule has 1 heteroatoms. The second-order valence-corrected chi connectivity index (χ2v) is 2.89. The van der Waals surface area contributed by atoms with E-state index in [4.69, 9.17) is 4.74 Å². The van der Waals surface area contributed by atoms with Gasteiger partial charge in [0, 0.05) is 5.41 Å². The van der Waals surface area contributed by atoms with Gasteiger partial charge in [-0.25, -0.2) is 0 Å². The van der Waals surface area contributed by atoms with Crippen LogP contribution in [0.1, 0.15) is 26.7 Å². The Morgan fingerprint density at radius 2 is 2.22 bits per heavy atom. The molecule has 0 aliphatic carbocycles. The van der Waals surface area contributed by atoms with Gasteiger partial charge in [-0.1, -0.05) is 20.3 Å². The van der Waals surface area contributed by atoms with Crippen molar-refractivity contribution < 1.29 is 4.74 Å². The maximum Gasteiger partial charge on any atom is 0.0547 e. The summed E-state index contributed by atoms with van der Waals surface area (Å²) in [5, 5.41) is 0. The van der Waals surface area contributed by atoms with Gasteiger partial charge < -0.3 is 4.74 Å². The normalized spacial score (nSPS) is 23.3. The zero-order valence-electron chi connectivity index (χ0n) is 6.31. The van der Waals surface area contributed by atoms with E-state index in [2.05, 4.69) is 20.3 Å². The Morgan fingerprint density at radius 1 is 1.56 bits per heavy atom. The zero-order chi connectivity index (χ0) is 6.74. The smallest absolute Gasteiger partial charge is 0.0547 e. The first-order valence-electron chi connectivity index (χ1n) is 3.71. The third-order valence-corrected chi connectivity index (χ3v) is 2.14. The molecule has 0 spiro atoms. The summed E-state index contributed by atoms with van der Waals surface area (Å²) in [4.78, 5) is 0. The molecule has 0 atom stereocenters. The maximum atomic E-state index is 5.15. The molecule has 0 aromatic carbocycles. The van der Waals surface area contributed by atoms with Crippen LogP contribution < -0.4 is 0 Å². The van der Waals surface area contributed by atoms with Crippen LogP contribution in [0.2, 0.25) is 0 Å². The highest BCUT2D eigenvalue weighted by Gasteiger charge is 2.35. The van der Waals surface area contributed by atoms with Gasteiger partial charge in [-0.15, -0.1) is 0 Å². The van der Waals surface area contributed by atoms with Crippen LogP contribution in [0.5, 0.6) is 0 Å². The molecule has 0 saturated carbocycles. The van der Waals surface area contributed by atoms with Gasteiger partial charge in [0.25, 0.3) is 0 Å². The van der Waals surface area contributed by atoms with Crippen LogP contribution in [0.15, 0.2) is 0 Å². The lowest BCUT2D eigenvalue weighted by molar-refractivity contribution is -0.0961. The van der Waals surface area contributed by atoms with Gasteiger partial charge in [-0.3, -0.25) is 0 Å². The van der Waals surface area contributed by atoms with Gasteiger partial charge in [-0.2, -0.15) is 0 Å². The standard InChI is InChI=1S/C8H15O/c1-3-5-8(4-2)6-9-7-8/h4H,3,5-7H2,1-2H3. The van der Waals surface area contributed by atoms with Crippen molar-refractivity contribution in [2.45, 2.75) is 26.7 Å². The van der Waals surface area contributed by atoms with Gasteiger partial charge in [0.05, 0.1) is 13.2 Å². The van der Waals surface area contributed by atoms with E-state index in [0.717, 1.165) is 13.2 Å². The van der Waals surface area contributed by atoms with E-state index in [1.807, 2.05) is 0 Å². The molecular formula is C8H15O. The van der Waals surface area contributed by atoms with Gasteiger partial charge in [0.1, 0.15) is 0 Å². The molecule has 1 aliphatic rings. The van der Waals surface area contributed by atoms with Crippen molar-refractivity contribution in [1.82, 2.24) is 0 Å². The van der Waals surface area contributed by atoms with Crippen LogP contribution in [0.3, 0.4) is 0 Å². The molecule has 1 heterocycles. The molecule has 0 aromatic rings. The average Bonchev–Trinajstić information content (AvgIpc) is 1.79. The van der Waals surface area contributed by atoms with Gasteiger partial charge in [0.2, 0.25) is 0 Å². The van der Waals surface area contributed by atoms with E-state index in [-0.39, 0.29) is 0 Å². The number of ether oxygens (including phenoxy) is 1. The van der Waals surface area contributed by atoms with Crippen molar-refractivity contribution in [3.8, 4) is 0 Å². The van der Waals surface area contributed by atoms with Crippen molar-refractivity contribution in [3.05, 3.63) is 6.42 Å². The first-order valence-corrected chi connectivity index (χ1v) is 3.71. The van der Waals surface area contributed by atoms with Crippen molar-refractivity contribution in [2.75, 3.05) is 13.2 Å². The summed E-state index contributed by atoms with van der Waals surface area (Å²) in [6.45, 7) is 6.27. The van der Waals surface area contributed by atoms with Crippen LogP contribution in [0.4, 0.5) is 0 Å². The van der Waals surface area contributed by atoms with Crippen molar-refractivity contribution >= 4 is 0 Å². The fraction of sp³-hybridized carbons (Fsp3) is 0.875. The summed E-state index contributed by atoms with van der Waals surface area (Å²) >= 11 is 0. The van der Waals surface area contributed by atoms with Gasteiger partial charge in [-0.05, 0) is 12.8 Å². The SMILES string of the molecule is C[CH]C1(CCC)COC1. The highest BCUT2D eigenvalue weighted by atomic mass is 16.5. The molecule has 1 aliphatic heterocycles. The molecule has 0 aromatic heterocycles. The van der Waals surface area contributed by atoms with Crippen LogP contribution in [0.25, 0.3) is 0 Å². The van der Waals surface area contributed by atoms with Gasteiger partial charge in [0.15, 0.2) is 0 Å². The third kappa shape index (κ3) is 1.26. The monoisotopic (exact) mass is 127 g/mol. The predicted molar refractivity (Wildman–Crippen MR) is 38.1 cm³/mol. The minimum Gasteiger partial charge on any atom is -0.380 e. The summed E-state index contributed by atoms with van der Waals surface area (Å²) in [7, 11) is 0. The second-order valence-electron chi connectivity index (χ2n) is 2.89. The van der Waals surface area contributed by atoms with Crippen LogP contribution >= 0.6 is 0 Å². The molecule has 0 bridgehead atoms. The zero-order valence-corrected chi connectivity index (χ0v) is 6.31. The summed E-state index contributed by atoms with van der Waals surface area (Å²) in [6, 6.07) is 0. The molecular weight excluding hydrogens is 112 g/mol. The number of rotatable bonds is 3. The van der Waals surface area contributed by atoms with Crippen LogP contribution in [-0.4, -0.2) is 13.2 Å². The first kappa shape index (κ1) is 7.07. The molecule has 0 unspecified atom stereocenters. The Labute approximate surface area is 57.4 Å². The van der Waals surface area contributed by atoms with Crippen molar-refractivity contribution in [1.29, 1.82) is 0 Å². The molecule has 1 saturated heterocycles. The summed E-state index contributed by atoms with van der Waals surface area (Å²) in [5.41, 5.74) is 0.467. The molecule has 0 N–H and O–H groups in total. The lowest BCUT2D eigenvalue weighted by atomic mass is 9.79. The number of hydrogen-bond donors (Lipinski definition) is 0. The Bertz CT molecular complexity index is 79.1. The van der Waals surface area contributed by atoms with E-state index in [0.29, 0.717) is 5.41 Å². The Hall–Kier alpha value is -0.0400. The van der Waals surface area contributed by atoms with Crippen LogP contribution in [0, 0.1) is 11.8 Å². The minimum atomic E-state index is 0.467. The fourth-order valence-corrected chi connectivity index (χ4v) is 1.32. The van der Waals surface area contributed by atoms with E-state index in [9.17, 15) is 0 Å². The second kappa shape index (κ2) is 2.70. The Kier molecular flexibility index (Phi) is 2.12. The predicted octanol–water partition coefficient (Wildman–Crippen LogP) is 2.03. The molecule has 1 radical (unpaired) electrons. The molecule has 1 fully saturated rings. The lowest BCUT2D eigenvalue weighted by Gasteiger charge is -2.40. The Balaban J connectivity index is 2.28. The Morgan fingerprint density at radius 3 is 2.33 bits per heavy atom. The molecule has 1 nitrogen and oxygen atoms in total. The fourth-order valence-electron chi connectivity index (χ4n) is 1.32. The summed E-state index contributed by atoms with van der Waals surface area (Å²) in [6.07, 6.45) is 4.86. The third-order valence-electron chi connectivity index (χ3n) is 2.14. The molecule has 0 amide bonds. The largest absolute Gasteiger partial charge is 0.380 e. The van der Waals surface area contributed by atoms with Crippen molar-refractivity contribution in [3.63, 3.8) is 0 Å². The first-order chi connectivity index (χ1) is 4.33. The quantitative estimate of drug-likeness (QED) is 0.563. The molecule has 53 valence electrons. The van der Waals surface area contributed by atoms with Gasteiger partial charge >= 0.3 is 0 Å². The topological polar surface area (TPSA) is 9.23 Å². The summed E-state index contributed by atoms with van der Waals surface area (Å²) in [5.74, 6) is 0. The van der Waals surface area contributed by atoms with Crippen molar-refractivity contribution in [2.24, 2.45) is 5.41 Å². The highest BCUT2D eigenvalue weighted by Crippen LogP contribution is 2.34. The number of hydrogen-bond acceptors (Lipinski definition) is 1. The lowest BCUT2D eigenvalue weighted by Crippen LogP contribution is -2.42. The average molecular weight is 127 g/mol. The highest BCUT2D eigenvalue weighted by molar-refractivity contribution is 4.94. The van der Waals surface area contributed by atoms with E-state index in [1.165, 1.54) is 12.8 Å². The van der Waals surface area contributed by atoms with Crippen LogP contribution in [-0.2, 0) is 4.74 Å². The van der Waals surface area contributed by atoms with E-state index < -0.39 is 0 Å². The van der Waals surface area contributed by atoms with E-state index >= 15 is 0 Å².